The van der Waals surface area contributed by atoms with E-state index in [1.807, 2.05) is 56.9 Å². The minimum atomic E-state index is -0.610. The lowest BCUT2D eigenvalue weighted by Crippen LogP contribution is -2.49. The van der Waals surface area contributed by atoms with Gasteiger partial charge in [-0.1, -0.05) is 12.1 Å². The van der Waals surface area contributed by atoms with Gasteiger partial charge in [0.05, 0.1) is 5.52 Å². The summed E-state index contributed by atoms with van der Waals surface area (Å²) < 4.78 is 18.9. The Morgan fingerprint density at radius 3 is 2.40 bits per heavy atom. The summed E-state index contributed by atoms with van der Waals surface area (Å²) in [6.45, 7) is 11.6. The first-order chi connectivity index (χ1) is 20.0. The number of ether oxygens (including phenoxy) is 3. The van der Waals surface area contributed by atoms with Crippen LogP contribution in [0.1, 0.15) is 55.1 Å². The van der Waals surface area contributed by atoms with Crippen molar-refractivity contribution in [3.8, 4) is 11.5 Å². The second-order valence-corrected chi connectivity index (χ2v) is 12.1. The Morgan fingerprint density at radius 1 is 1.00 bits per heavy atom. The average molecular weight is 577 g/mol. The van der Waals surface area contributed by atoms with Crippen LogP contribution in [0.15, 0.2) is 47.3 Å². The Kier molecular flexibility index (Phi) is 8.45. The number of rotatable bonds is 7. The van der Waals surface area contributed by atoms with E-state index in [1.165, 1.54) is 0 Å². The maximum absolute atomic E-state index is 13.4. The maximum atomic E-state index is 13.4. The summed E-state index contributed by atoms with van der Waals surface area (Å²) in [5, 5.41) is 0.922. The van der Waals surface area contributed by atoms with Gasteiger partial charge in [0, 0.05) is 55.8 Å². The van der Waals surface area contributed by atoms with Crippen LogP contribution in [0, 0.1) is 6.92 Å². The molecule has 2 N–H and O–H groups in total. The van der Waals surface area contributed by atoms with Gasteiger partial charge in [-0.25, -0.2) is 4.79 Å². The molecule has 1 saturated heterocycles. The van der Waals surface area contributed by atoms with Crippen molar-refractivity contribution in [2.45, 2.75) is 65.3 Å². The third kappa shape index (κ3) is 6.70. The lowest BCUT2D eigenvalue weighted by molar-refractivity contribution is 0.00562. The monoisotopic (exact) mass is 576 g/mol. The topological polar surface area (TPSA) is 116 Å². The molecule has 42 heavy (non-hydrogen) atoms. The lowest BCUT2D eigenvalue weighted by atomic mass is 10.0. The van der Waals surface area contributed by atoms with Crippen molar-refractivity contribution in [1.82, 2.24) is 14.4 Å². The van der Waals surface area contributed by atoms with Crippen LogP contribution in [-0.2, 0) is 17.8 Å². The number of likely N-dealkylation sites (tertiary alicyclic amines) is 1. The molecule has 0 atom stereocenters. The van der Waals surface area contributed by atoms with Gasteiger partial charge in [-0.05, 0) is 75.9 Å². The number of benzene rings is 2. The second kappa shape index (κ2) is 12.1. The van der Waals surface area contributed by atoms with E-state index in [0.29, 0.717) is 55.4 Å². The van der Waals surface area contributed by atoms with E-state index in [2.05, 4.69) is 4.90 Å². The van der Waals surface area contributed by atoms with Crippen LogP contribution in [0.2, 0.25) is 0 Å². The van der Waals surface area contributed by atoms with Crippen LogP contribution >= 0.6 is 0 Å². The maximum Gasteiger partial charge on any atom is 0.410 e. The zero-order valence-corrected chi connectivity index (χ0v) is 24.9. The molecule has 3 aromatic rings. The minimum Gasteiger partial charge on any atom is -0.486 e. The molecule has 0 aliphatic carbocycles. The number of hydrogen-bond donors (Lipinski definition) is 1. The van der Waals surface area contributed by atoms with Gasteiger partial charge in [-0.3, -0.25) is 9.59 Å². The number of pyridine rings is 1. The van der Waals surface area contributed by atoms with Crippen molar-refractivity contribution in [2.75, 3.05) is 32.8 Å². The molecule has 0 unspecified atom stereocenters. The van der Waals surface area contributed by atoms with Gasteiger partial charge in [0.15, 0.2) is 11.5 Å². The number of aryl methyl sites for hydroxylation is 1. The SMILES string of the molecule is Cc1cc(=O)n(CCN2CCC(N(Cc3ccc4c(c3)OCCO4)C(=O)OC(C)(C)C)CC2)c2cc(C(N)=O)ccc12. The molecule has 1 fully saturated rings. The first-order valence-corrected chi connectivity index (χ1v) is 14.5. The summed E-state index contributed by atoms with van der Waals surface area (Å²) in [5.41, 5.74) is 7.70. The highest BCUT2D eigenvalue weighted by Gasteiger charge is 2.31. The highest BCUT2D eigenvalue weighted by atomic mass is 16.6. The molecule has 2 aliphatic rings. The summed E-state index contributed by atoms with van der Waals surface area (Å²) in [5.74, 6) is 0.887. The molecule has 3 heterocycles. The number of nitrogens with two attached hydrogens (primary N) is 1. The van der Waals surface area contributed by atoms with Crippen molar-refractivity contribution in [2.24, 2.45) is 5.73 Å². The molecule has 10 heteroatoms. The second-order valence-electron chi connectivity index (χ2n) is 12.1. The molecule has 10 nitrogen and oxygen atoms in total. The lowest BCUT2D eigenvalue weighted by Gasteiger charge is -2.39. The molecule has 0 spiro atoms. The van der Waals surface area contributed by atoms with E-state index in [1.54, 1.807) is 22.8 Å². The number of primary amides is 1. The summed E-state index contributed by atoms with van der Waals surface area (Å²) in [6, 6.07) is 12.7. The molecule has 5 rings (SSSR count). The quantitative estimate of drug-likeness (QED) is 0.451. The van der Waals surface area contributed by atoms with Crippen molar-refractivity contribution in [3.63, 3.8) is 0 Å². The van der Waals surface area contributed by atoms with Crippen LogP contribution in [0.5, 0.6) is 11.5 Å². The van der Waals surface area contributed by atoms with Crippen LogP contribution < -0.4 is 20.8 Å². The molecular weight excluding hydrogens is 536 g/mol. The van der Waals surface area contributed by atoms with E-state index < -0.39 is 11.5 Å². The molecular formula is C32H40N4O6. The molecule has 2 amide bonds. The smallest absolute Gasteiger partial charge is 0.410 e. The van der Waals surface area contributed by atoms with E-state index >= 15 is 0 Å². The van der Waals surface area contributed by atoms with Gasteiger partial charge in [-0.2, -0.15) is 0 Å². The van der Waals surface area contributed by atoms with Crippen molar-refractivity contribution < 1.29 is 23.8 Å². The van der Waals surface area contributed by atoms with Crippen LogP contribution in [0.4, 0.5) is 4.79 Å². The number of nitrogens with zero attached hydrogens (tertiary/aromatic N) is 3. The number of fused-ring (bicyclic) bond motifs is 2. The number of carbonyl (C=O) groups excluding carboxylic acids is 2. The summed E-state index contributed by atoms with van der Waals surface area (Å²) >= 11 is 0. The minimum absolute atomic E-state index is 0.00496. The highest BCUT2D eigenvalue weighted by molar-refractivity contribution is 5.97. The van der Waals surface area contributed by atoms with Crippen LogP contribution in [-0.4, -0.2) is 70.9 Å². The third-order valence-corrected chi connectivity index (χ3v) is 7.83. The first-order valence-electron chi connectivity index (χ1n) is 14.5. The van der Waals surface area contributed by atoms with E-state index in [0.717, 1.165) is 42.4 Å². The molecule has 0 bridgehead atoms. The van der Waals surface area contributed by atoms with Gasteiger partial charge in [0.2, 0.25) is 5.91 Å². The molecule has 0 saturated carbocycles. The Balaban J connectivity index is 1.28. The van der Waals surface area contributed by atoms with Crippen LogP contribution in [0.3, 0.4) is 0 Å². The van der Waals surface area contributed by atoms with Gasteiger partial charge in [0.1, 0.15) is 18.8 Å². The van der Waals surface area contributed by atoms with Crippen molar-refractivity contribution >= 4 is 22.9 Å². The van der Waals surface area contributed by atoms with Gasteiger partial charge in [0.25, 0.3) is 5.56 Å². The summed E-state index contributed by atoms with van der Waals surface area (Å²) in [6.07, 6.45) is 1.22. The third-order valence-electron chi connectivity index (χ3n) is 7.83. The average Bonchev–Trinajstić information content (AvgIpc) is 2.95. The predicted octanol–water partition coefficient (Wildman–Crippen LogP) is 4.08. The Morgan fingerprint density at radius 2 is 1.71 bits per heavy atom. The van der Waals surface area contributed by atoms with Gasteiger partial charge >= 0.3 is 6.09 Å². The molecule has 2 aromatic carbocycles. The zero-order valence-electron chi connectivity index (χ0n) is 24.9. The number of piperidine rings is 1. The number of amides is 2. The van der Waals surface area contributed by atoms with E-state index in [9.17, 15) is 14.4 Å². The first kappa shape index (κ1) is 29.4. The van der Waals surface area contributed by atoms with Gasteiger partial charge in [-0.15, -0.1) is 0 Å². The van der Waals surface area contributed by atoms with E-state index in [-0.39, 0.29) is 17.7 Å². The Labute approximate surface area is 245 Å². The fraction of sp³-hybridized carbons (Fsp3) is 0.469. The molecule has 2 aliphatic heterocycles. The van der Waals surface area contributed by atoms with Gasteiger partial charge < -0.3 is 34.3 Å². The fourth-order valence-corrected chi connectivity index (χ4v) is 5.67. The summed E-state index contributed by atoms with van der Waals surface area (Å²) in [7, 11) is 0. The predicted molar refractivity (Wildman–Crippen MR) is 160 cm³/mol. The van der Waals surface area contributed by atoms with E-state index in [4.69, 9.17) is 19.9 Å². The Bertz CT molecular complexity index is 1530. The number of aromatic nitrogens is 1. The fourth-order valence-electron chi connectivity index (χ4n) is 5.67. The van der Waals surface area contributed by atoms with Crippen molar-refractivity contribution in [1.29, 1.82) is 0 Å². The molecule has 0 radical (unpaired) electrons. The van der Waals surface area contributed by atoms with Crippen molar-refractivity contribution in [3.05, 3.63) is 69.5 Å². The Hall–Kier alpha value is -4.05. The molecule has 224 valence electrons. The number of carbonyl (C=O) groups is 2. The summed E-state index contributed by atoms with van der Waals surface area (Å²) in [4.78, 5) is 42.3. The molecule has 1 aromatic heterocycles. The largest absolute Gasteiger partial charge is 0.486 e. The highest BCUT2D eigenvalue weighted by Crippen LogP contribution is 2.32. The van der Waals surface area contributed by atoms with Crippen LogP contribution in [0.25, 0.3) is 10.9 Å². The zero-order chi connectivity index (χ0) is 30.0. The number of hydrogen-bond acceptors (Lipinski definition) is 7. The normalized spacial score (nSPS) is 15.9. The standard InChI is InChI=1S/C32H40N4O6/c1-21-17-29(37)35(26-19-23(30(33)38)6-7-25(21)26)14-13-34-11-9-24(10-12-34)36(31(39)42-32(2,3)4)20-22-5-8-27-28(18-22)41-16-15-40-27/h5-8,17-19,24H,9-16,20H2,1-4H3,(H2,33,38).